The van der Waals surface area contributed by atoms with Gasteiger partial charge in [0, 0.05) is 32.2 Å². The number of hydrogen-bond acceptors (Lipinski definition) is 6. The van der Waals surface area contributed by atoms with Crippen LogP contribution in [0, 0.1) is 6.92 Å². The molecule has 0 aliphatic carbocycles. The van der Waals surface area contributed by atoms with Gasteiger partial charge in [-0.05, 0) is 13.3 Å². The lowest BCUT2D eigenvalue weighted by Crippen LogP contribution is -2.50. The van der Waals surface area contributed by atoms with Crippen LogP contribution in [0.1, 0.15) is 19.1 Å². The number of piperazine rings is 1. The summed E-state index contributed by atoms with van der Waals surface area (Å²) in [7, 11) is -3.15. The number of anilines is 1. The van der Waals surface area contributed by atoms with Gasteiger partial charge >= 0.3 is 0 Å². The Bertz CT molecular complexity index is 605. The first-order chi connectivity index (χ1) is 10.4. The standard InChI is InChI=1S/C13H22N4O4S/c1-3-8-22(19,20)17-6-4-16(5-7-17)10-13(18)14-12-9-11(2)21-15-12/h9H,3-8,10H2,1-2H3,(H,14,15,18). The summed E-state index contributed by atoms with van der Waals surface area (Å²) in [6, 6.07) is 1.65. The fourth-order valence-electron chi connectivity index (χ4n) is 2.36. The Morgan fingerprint density at radius 3 is 2.59 bits per heavy atom. The summed E-state index contributed by atoms with van der Waals surface area (Å²) >= 11 is 0. The molecule has 8 nitrogen and oxygen atoms in total. The van der Waals surface area contributed by atoms with Gasteiger partial charge in [-0.1, -0.05) is 12.1 Å². The summed E-state index contributed by atoms with van der Waals surface area (Å²) in [5.74, 6) is 1.02. The van der Waals surface area contributed by atoms with Gasteiger partial charge in [0.15, 0.2) is 5.82 Å². The Morgan fingerprint density at radius 1 is 1.36 bits per heavy atom. The molecule has 22 heavy (non-hydrogen) atoms. The molecule has 124 valence electrons. The molecule has 2 rings (SSSR count). The van der Waals surface area contributed by atoms with Crippen LogP contribution in [0.4, 0.5) is 5.82 Å². The van der Waals surface area contributed by atoms with E-state index >= 15 is 0 Å². The fourth-order valence-corrected chi connectivity index (χ4v) is 3.86. The number of aromatic nitrogens is 1. The molecule has 1 aromatic heterocycles. The summed E-state index contributed by atoms with van der Waals surface area (Å²) in [5.41, 5.74) is 0. The zero-order valence-electron chi connectivity index (χ0n) is 12.9. The van der Waals surface area contributed by atoms with E-state index in [0.29, 0.717) is 44.2 Å². The number of aryl methyl sites for hydroxylation is 1. The third-order valence-electron chi connectivity index (χ3n) is 3.45. The van der Waals surface area contributed by atoms with Gasteiger partial charge in [0.25, 0.3) is 0 Å². The van der Waals surface area contributed by atoms with Crippen LogP contribution in [0.5, 0.6) is 0 Å². The normalized spacial score (nSPS) is 17.5. The number of sulfonamides is 1. The molecule has 0 atom stereocenters. The number of carbonyl (C=O) groups is 1. The fraction of sp³-hybridized carbons (Fsp3) is 0.692. The first-order valence-corrected chi connectivity index (χ1v) is 8.95. The Hall–Kier alpha value is -1.45. The molecule has 1 saturated heterocycles. The summed E-state index contributed by atoms with van der Waals surface area (Å²) in [4.78, 5) is 13.8. The minimum absolute atomic E-state index is 0.180. The molecule has 1 fully saturated rings. The second-order valence-electron chi connectivity index (χ2n) is 5.36. The molecule has 2 heterocycles. The molecule has 0 aromatic carbocycles. The monoisotopic (exact) mass is 330 g/mol. The molecule has 0 unspecified atom stereocenters. The highest BCUT2D eigenvalue weighted by molar-refractivity contribution is 7.89. The highest BCUT2D eigenvalue weighted by Crippen LogP contribution is 2.10. The maximum Gasteiger partial charge on any atom is 0.239 e. The van der Waals surface area contributed by atoms with Gasteiger partial charge in [0.2, 0.25) is 15.9 Å². The lowest BCUT2D eigenvalue weighted by Gasteiger charge is -2.33. The van der Waals surface area contributed by atoms with Crippen molar-refractivity contribution in [3.63, 3.8) is 0 Å². The smallest absolute Gasteiger partial charge is 0.239 e. The first-order valence-electron chi connectivity index (χ1n) is 7.34. The van der Waals surface area contributed by atoms with Crippen LogP contribution < -0.4 is 5.32 Å². The lowest BCUT2D eigenvalue weighted by molar-refractivity contribution is -0.117. The minimum atomic E-state index is -3.15. The van der Waals surface area contributed by atoms with E-state index in [-0.39, 0.29) is 18.2 Å². The van der Waals surface area contributed by atoms with E-state index in [0.717, 1.165) is 0 Å². The van der Waals surface area contributed by atoms with E-state index < -0.39 is 10.0 Å². The average Bonchev–Trinajstić information content (AvgIpc) is 2.84. The van der Waals surface area contributed by atoms with E-state index in [1.165, 1.54) is 4.31 Å². The van der Waals surface area contributed by atoms with E-state index in [4.69, 9.17) is 4.52 Å². The molecule has 0 spiro atoms. The number of hydrogen-bond donors (Lipinski definition) is 1. The molecule has 1 aromatic rings. The SMILES string of the molecule is CCCS(=O)(=O)N1CCN(CC(=O)Nc2cc(C)on2)CC1. The van der Waals surface area contributed by atoms with Gasteiger partial charge in [-0.3, -0.25) is 9.69 Å². The van der Waals surface area contributed by atoms with Gasteiger partial charge in [-0.15, -0.1) is 0 Å². The van der Waals surface area contributed by atoms with Crippen molar-refractivity contribution in [1.29, 1.82) is 0 Å². The summed E-state index contributed by atoms with van der Waals surface area (Å²) in [5, 5.41) is 6.36. The second kappa shape index (κ2) is 7.21. The van der Waals surface area contributed by atoms with Crippen molar-refractivity contribution in [3.05, 3.63) is 11.8 Å². The Labute approximate surface area is 130 Å². The average molecular weight is 330 g/mol. The third kappa shape index (κ3) is 4.52. The number of amides is 1. The molecule has 0 saturated carbocycles. The molecule has 1 amide bonds. The molecule has 1 aliphatic rings. The van der Waals surface area contributed by atoms with Crippen LogP contribution >= 0.6 is 0 Å². The number of carbonyl (C=O) groups excluding carboxylic acids is 1. The van der Waals surface area contributed by atoms with Crippen molar-refractivity contribution < 1.29 is 17.7 Å². The van der Waals surface area contributed by atoms with E-state index in [9.17, 15) is 13.2 Å². The van der Waals surface area contributed by atoms with Crippen molar-refractivity contribution in [3.8, 4) is 0 Å². The van der Waals surface area contributed by atoms with Crippen LogP contribution in [0.15, 0.2) is 10.6 Å². The van der Waals surface area contributed by atoms with E-state index in [1.807, 2.05) is 11.8 Å². The van der Waals surface area contributed by atoms with Gasteiger partial charge in [0.1, 0.15) is 5.76 Å². The predicted octanol–water partition coefficient (Wildman–Crippen LogP) is 0.279. The quantitative estimate of drug-likeness (QED) is 0.805. The number of nitrogens with zero attached hydrogens (tertiary/aromatic N) is 3. The van der Waals surface area contributed by atoms with Crippen molar-refractivity contribution >= 4 is 21.7 Å². The highest BCUT2D eigenvalue weighted by Gasteiger charge is 2.26. The zero-order valence-corrected chi connectivity index (χ0v) is 13.7. The van der Waals surface area contributed by atoms with Crippen molar-refractivity contribution in [2.45, 2.75) is 20.3 Å². The molecular weight excluding hydrogens is 308 g/mol. The van der Waals surface area contributed by atoms with Crippen LogP contribution in [-0.4, -0.2) is 67.2 Å². The highest BCUT2D eigenvalue weighted by atomic mass is 32.2. The molecule has 1 N–H and O–H groups in total. The maximum atomic E-state index is 12.0. The Balaban J connectivity index is 1.78. The Kier molecular flexibility index (Phi) is 5.54. The second-order valence-corrected chi connectivity index (χ2v) is 7.45. The first kappa shape index (κ1) is 16.9. The largest absolute Gasteiger partial charge is 0.360 e. The molecule has 0 radical (unpaired) electrons. The van der Waals surface area contributed by atoms with Gasteiger partial charge in [-0.25, -0.2) is 8.42 Å². The zero-order chi connectivity index (χ0) is 16.2. The van der Waals surface area contributed by atoms with Crippen molar-refractivity contribution in [2.24, 2.45) is 0 Å². The van der Waals surface area contributed by atoms with Crippen LogP contribution in [0.2, 0.25) is 0 Å². The van der Waals surface area contributed by atoms with E-state index in [2.05, 4.69) is 10.5 Å². The van der Waals surface area contributed by atoms with Crippen LogP contribution in [0.25, 0.3) is 0 Å². The maximum absolute atomic E-state index is 12.0. The molecular formula is C13H22N4O4S. The molecule has 1 aliphatic heterocycles. The summed E-state index contributed by atoms with van der Waals surface area (Å²) in [6.45, 7) is 5.77. The van der Waals surface area contributed by atoms with Gasteiger partial charge in [0.05, 0.1) is 12.3 Å². The molecule has 9 heteroatoms. The number of rotatable bonds is 6. The van der Waals surface area contributed by atoms with Gasteiger partial charge < -0.3 is 9.84 Å². The van der Waals surface area contributed by atoms with Crippen LogP contribution in [-0.2, 0) is 14.8 Å². The van der Waals surface area contributed by atoms with Gasteiger partial charge in [-0.2, -0.15) is 4.31 Å². The minimum Gasteiger partial charge on any atom is -0.360 e. The summed E-state index contributed by atoms with van der Waals surface area (Å²) in [6.07, 6.45) is 0.613. The van der Waals surface area contributed by atoms with E-state index in [1.54, 1.807) is 13.0 Å². The topological polar surface area (TPSA) is 95.8 Å². The summed E-state index contributed by atoms with van der Waals surface area (Å²) < 4.78 is 30.3. The Morgan fingerprint density at radius 2 is 2.05 bits per heavy atom. The van der Waals surface area contributed by atoms with Crippen molar-refractivity contribution in [2.75, 3.05) is 43.8 Å². The molecule has 0 bridgehead atoms. The third-order valence-corrected chi connectivity index (χ3v) is 5.53. The predicted molar refractivity (Wildman–Crippen MR) is 82.0 cm³/mol. The lowest BCUT2D eigenvalue weighted by atomic mass is 10.3. The van der Waals surface area contributed by atoms with Crippen molar-refractivity contribution in [1.82, 2.24) is 14.4 Å². The van der Waals surface area contributed by atoms with Crippen LogP contribution in [0.3, 0.4) is 0 Å². The number of nitrogens with one attached hydrogen (secondary N) is 1.